The highest BCUT2D eigenvalue weighted by molar-refractivity contribution is 7.99. The third kappa shape index (κ3) is 3.11. The molecule has 0 fully saturated rings. The second kappa shape index (κ2) is 7.21. The predicted octanol–water partition coefficient (Wildman–Crippen LogP) is 5.15. The molecule has 0 spiro atoms. The number of nitrogens with zero attached hydrogens (tertiary/aromatic N) is 5. The summed E-state index contributed by atoms with van der Waals surface area (Å²) in [6, 6.07) is 13.7. The number of aryl methyl sites for hydroxylation is 1. The summed E-state index contributed by atoms with van der Waals surface area (Å²) in [7, 11) is 0. The molecule has 0 bridgehead atoms. The summed E-state index contributed by atoms with van der Waals surface area (Å²) in [5.74, 6) is 2.26. The van der Waals surface area contributed by atoms with E-state index in [1.807, 2.05) is 73.3 Å². The van der Waals surface area contributed by atoms with Gasteiger partial charge in [0, 0.05) is 18.0 Å². The summed E-state index contributed by atoms with van der Waals surface area (Å²) in [5.41, 5.74) is 3.02. The van der Waals surface area contributed by atoms with Gasteiger partial charge < -0.3 is 13.4 Å². The van der Waals surface area contributed by atoms with E-state index in [9.17, 15) is 0 Å². The normalized spacial score (nSPS) is 11.4. The molecule has 4 heterocycles. The van der Waals surface area contributed by atoms with Crippen LogP contribution in [-0.4, -0.2) is 30.5 Å². The second-order valence-electron chi connectivity index (χ2n) is 6.36. The van der Waals surface area contributed by atoms with Gasteiger partial charge in [0.2, 0.25) is 11.5 Å². The molecule has 8 heteroatoms. The van der Waals surface area contributed by atoms with Gasteiger partial charge in [-0.2, -0.15) is 4.98 Å². The summed E-state index contributed by atoms with van der Waals surface area (Å²) in [4.78, 5) is 9.41. The Bertz CT molecular complexity index is 1280. The number of hydrogen-bond donors (Lipinski definition) is 0. The smallest absolute Gasteiger partial charge is 0.286 e. The largest absolute Gasteiger partial charge is 0.430 e. The van der Waals surface area contributed by atoms with E-state index in [0.29, 0.717) is 28.4 Å². The molecule has 0 unspecified atom stereocenters. The van der Waals surface area contributed by atoms with Crippen molar-refractivity contribution in [3.8, 4) is 28.7 Å². The van der Waals surface area contributed by atoms with Crippen LogP contribution >= 0.6 is 11.8 Å². The number of rotatable bonds is 5. The van der Waals surface area contributed by atoms with Crippen molar-refractivity contribution in [1.82, 2.24) is 24.7 Å². The topological polar surface area (TPSA) is 82.8 Å². The number of fused-ring (bicyclic) bond motifs is 1. The molecule has 0 radical (unpaired) electrons. The van der Waals surface area contributed by atoms with Crippen LogP contribution in [0.3, 0.4) is 0 Å². The zero-order chi connectivity index (χ0) is 19.8. The molecule has 0 saturated carbocycles. The molecule has 0 atom stereocenters. The van der Waals surface area contributed by atoms with Gasteiger partial charge in [-0.1, -0.05) is 49.0 Å². The van der Waals surface area contributed by atoms with Crippen molar-refractivity contribution in [3.05, 3.63) is 60.6 Å². The lowest BCUT2D eigenvalue weighted by molar-refractivity contribution is 0.450. The lowest BCUT2D eigenvalue weighted by Gasteiger charge is -2.05. The molecular formula is C21H17N5O2S. The highest BCUT2D eigenvalue weighted by atomic mass is 32.2. The molecule has 0 N–H and O–H groups in total. The minimum atomic E-state index is 0.323. The third-order valence-corrected chi connectivity index (χ3v) is 5.17. The summed E-state index contributed by atoms with van der Waals surface area (Å²) in [6.45, 7) is 3.99. The fraction of sp³-hybridized carbons (Fsp3) is 0.143. The van der Waals surface area contributed by atoms with Crippen molar-refractivity contribution in [3.63, 3.8) is 0 Å². The average molecular weight is 403 g/mol. The zero-order valence-corrected chi connectivity index (χ0v) is 16.7. The molecule has 5 rings (SSSR count). The molecule has 0 aliphatic rings. The van der Waals surface area contributed by atoms with Crippen LogP contribution in [0.1, 0.15) is 12.6 Å². The molecule has 0 aliphatic heterocycles. The third-order valence-electron chi connectivity index (χ3n) is 4.47. The van der Waals surface area contributed by atoms with Gasteiger partial charge in [0.1, 0.15) is 5.69 Å². The average Bonchev–Trinajstić information content (AvgIpc) is 3.48. The highest BCUT2D eigenvalue weighted by Gasteiger charge is 2.25. The molecule has 29 heavy (non-hydrogen) atoms. The molecule has 0 saturated heterocycles. The Morgan fingerprint density at radius 2 is 1.76 bits per heavy atom. The number of benzene rings is 1. The highest BCUT2D eigenvalue weighted by Crippen LogP contribution is 2.38. The maximum atomic E-state index is 6.17. The minimum Gasteiger partial charge on any atom is -0.430 e. The Morgan fingerprint density at radius 1 is 0.966 bits per heavy atom. The van der Waals surface area contributed by atoms with Crippen molar-refractivity contribution in [2.24, 2.45) is 0 Å². The summed E-state index contributed by atoms with van der Waals surface area (Å²) < 4.78 is 13.9. The van der Waals surface area contributed by atoms with E-state index in [4.69, 9.17) is 13.8 Å². The molecule has 144 valence electrons. The van der Waals surface area contributed by atoms with Gasteiger partial charge in [0.05, 0.1) is 11.1 Å². The first-order valence-electron chi connectivity index (χ1n) is 9.21. The summed E-state index contributed by atoms with van der Waals surface area (Å²) in [6.07, 6.45) is 3.88. The van der Waals surface area contributed by atoms with Crippen molar-refractivity contribution in [2.45, 2.75) is 19.1 Å². The number of hydrogen-bond acceptors (Lipinski definition) is 7. The van der Waals surface area contributed by atoms with Crippen LogP contribution in [0, 0.1) is 6.92 Å². The molecular weight excluding hydrogens is 386 g/mol. The fourth-order valence-corrected chi connectivity index (χ4v) is 3.71. The molecule has 0 amide bonds. The zero-order valence-electron chi connectivity index (χ0n) is 15.9. The van der Waals surface area contributed by atoms with Crippen LogP contribution in [0.2, 0.25) is 0 Å². The van der Waals surface area contributed by atoms with Crippen LogP contribution in [0.5, 0.6) is 0 Å². The number of thioether (sulfide) groups is 1. The Kier molecular flexibility index (Phi) is 4.40. The first-order valence-corrected chi connectivity index (χ1v) is 10.2. The van der Waals surface area contributed by atoms with Gasteiger partial charge in [0.15, 0.2) is 5.82 Å². The molecule has 0 aliphatic carbocycles. The summed E-state index contributed by atoms with van der Waals surface area (Å²) >= 11 is 1.49. The van der Waals surface area contributed by atoms with Gasteiger partial charge >= 0.3 is 0 Å². The van der Waals surface area contributed by atoms with Crippen molar-refractivity contribution < 1.29 is 8.83 Å². The second-order valence-corrected chi connectivity index (χ2v) is 7.57. The minimum absolute atomic E-state index is 0.323. The van der Waals surface area contributed by atoms with Crippen LogP contribution in [-0.2, 0) is 0 Å². The first kappa shape index (κ1) is 17.7. The van der Waals surface area contributed by atoms with Gasteiger partial charge in [-0.15, -0.1) is 10.2 Å². The van der Waals surface area contributed by atoms with Gasteiger partial charge in [-0.3, -0.25) is 0 Å². The Labute approximate surface area is 170 Å². The number of aromatic nitrogens is 5. The van der Waals surface area contributed by atoms with Gasteiger partial charge in [-0.25, -0.2) is 4.98 Å². The van der Waals surface area contributed by atoms with E-state index in [1.54, 1.807) is 0 Å². The Balaban J connectivity index is 1.75. The van der Waals surface area contributed by atoms with Gasteiger partial charge in [-0.05, 0) is 24.8 Å². The van der Waals surface area contributed by atoms with E-state index in [1.165, 1.54) is 11.8 Å². The van der Waals surface area contributed by atoms with Crippen molar-refractivity contribution >= 4 is 22.9 Å². The van der Waals surface area contributed by atoms with E-state index < -0.39 is 0 Å². The van der Waals surface area contributed by atoms with Crippen molar-refractivity contribution in [2.75, 3.05) is 5.75 Å². The van der Waals surface area contributed by atoms with Crippen LogP contribution < -0.4 is 0 Å². The molecule has 4 aromatic heterocycles. The fourth-order valence-electron chi connectivity index (χ4n) is 3.23. The molecule has 5 aromatic rings. The quantitative estimate of drug-likeness (QED) is 0.375. The SMILES string of the molecule is CCSc1nnc(-c2oc3nc(-c4ccccc4)nc(C)c3c2-n2cccc2)o1. The van der Waals surface area contributed by atoms with E-state index in [2.05, 4.69) is 15.2 Å². The molecule has 7 nitrogen and oxygen atoms in total. The Hall–Kier alpha value is -3.39. The van der Waals surface area contributed by atoms with Crippen molar-refractivity contribution in [1.29, 1.82) is 0 Å². The van der Waals surface area contributed by atoms with Crippen LogP contribution in [0.15, 0.2) is 68.9 Å². The Morgan fingerprint density at radius 3 is 2.52 bits per heavy atom. The number of furan rings is 1. The standard InChI is InChI=1S/C21H17N5O2S/c1-3-29-21-25-24-20(28-21)17-16(26-11-7-8-12-26)15-13(2)22-18(23-19(15)27-17)14-9-5-4-6-10-14/h4-12H,3H2,1-2H3. The van der Waals surface area contributed by atoms with E-state index in [0.717, 1.165) is 28.1 Å². The van der Waals surface area contributed by atoms with E-state index in [-0.39, 0.29) is 0 Å². The van der Waals surface area contributed by atoms with Crippen LogP contribution in [0.25, 0.3) is 39.8 Å². The lowest BCUT2D eigenvalue weighted by Crippen LogP contribution is -1.96. The predicted molar refractivity (Wildman–Crippen MR) is 111 cm³/mol. The monoisotopic (exact) mass is 403 g/mol. The van der Waals surface area contributed by atoms with E-state index >= 15 is 0 Å². The van der Waals surface area contributed by atoms with Gasteiger partial charge in [0.25, 0.3) is 11.1 Å². The maximum absolute atomic E-state index is 6.17. The summed E-state index contributed by atoms with van der Waals surface area (Å²) in [5, 5.41) is 9.62. The lowest BCUT2D eigenvalue weighted by atomic mass is 10.2. The molecule has 1 aromatic carbocycles. The maximum Gasteiger partial charge on any atom is 0.286 e. The first-order chi connectivity index (χ1) is 14.2. The van der Waals surface area contributed by atoms with Crippen LogP contribution in [0.4, 0.5) is 0 Å².